The van der Waals surface area contributed by atoms with Gasteiger partial charge in [-0.1, -0.05) is 32.5 Å². The molecule has 0 aliphatic carbocycles. The standard InChI is InChI=1S/C8H16OS2/c1-4-5-11-7(9)8(2,3)6-10/h10H,4-6H2,1-3H3. The van der Waals surface area contributed by atoms with Gasteiger partial charge in [0.05, 0.1) is 0 Å². The molecular weight excluding hydrogens is 176 g/mol. The lowest BCUT2D eigenvalue weighted by atomic mass is 9.99. The van der Waals surface area contributed by atoms with E-state index in [1.807, 2.05) is 13.8 Å². The molecule has 0 N–H and O–H groups in total. The van der Waals surface area contributed by atoms with Crippen LogP contribution in [0.3, 0.4) is 0 Å². The lowest BCUT2D eigenvalue weighted by Crippen LogP contribution is -2.23. The first-order valence-corrected chi connectivity index (χ1v) is 5.44. The van der Waals surface area contributed by atoms with Crippen LogP contribution in [0.15, 0.2) is 0 Å². The molecule has 0 bridgehead atoms. The molecule has 0 aliphatic rings. The van der Waals surface area contributed by atoms with Crippen LogP contribution in [-0.2, 0) is 4.79 Å². The molecule has 0 saturated heterocycles. The van der Waals surface area contributed by atoms with E-state index in [4.69, 9.17) is 0 Å². The van der Waals surface area contributed by atoms with Gasteiger partial charge in [-0.15, -0.1) is 0 Å². The van der Waals surface area contributed by atoms with E-state index in [1.165, 1.54) is 11.8 Å². The van der Waals surface area contributed by atoms with E-state index in [1.54, 1.807) is 0 Å². The molecule has 0 heterocycles. The minimum atomic E-state index is -0.261. The number of thioether (sulfide) groups is 1. The fourth-order valence-corrected chi connectivity index (χ4v) is 1.56. The molecule has 0 fully saturated rings. The fourth-order valence-electron chi connectivity index (χ4n) is 0.455. The lowest BCUT2D eigenvalue weighted by Gasteiger charge is -2.18. The smallest absolute Gasteiger partial charge is 0.195 e. The third-order valence-electron chi connectivity index (χ3n) is 1.39. The highest BCUT2D eigenvalue weighted by atomic mass is 32.2. The Hall–Kier alpha value is 0.370. The van der Waals surface area contributed by atoms with Crippen LogP contribution in [0.25, 0.3) is 0 Å². The maximum atomic E-state index is 11.4. The van der Waals surface area contributed by atoms with Gasteiger partial charge in [0.25, 0.3) is 0 Å². The average molecular weight is 192 g/mol. The van der Waals surface area contributed by atoms with Gasteiger partial charge in [0.2, 0.25) is 0 Å². The van der Waals surface area contributed by atoms with Crippen molar-refractivity contribution in [3.8, 4) is 0 Å². The summed E-state index contributed by atoms with van der Waals surface area (Å²) in [7, 11) is 0. The summed E-state index contributed by atoms with van der Waals surface area (Å²) in [4.78, 5) is 11.4. The number of hydrogen-bond acceptors (Lipinski definition) is 3. The van der Waals surface area contributed by atoms with Crippen LogP contribution < -0.4 is 0 Å². The van der Waals surface area contributed by atoms with Crippen molar-refractivity contribution in [2.75, 3.05) is 11.5 Å². The topological polar surface area (TPSA) is 17.1 Å². The Kier molecular flexibility index (Phi) is 5.26. The first-order valence-electron chi connectivity index (χ1n) is 3.82. The van der Waals surface area contributed by atoms with Gasteiger partial charge in [0.15, 0.2) is 5.12 Å². The van der Waals surface area contributed by atoms with Gasteiger partial charge in [0, 0.05) is 16.9 Å². The fraction of sp³-hybridized carbons (Fsp3) is 0.875. The first kappa shape index (κ1) is 11.4. The summed E-state index contributed by atoms with van der Waals surface area (Å²) >= 11 is 5.55. The number of carbonyl (C=O) groups is 1. The van der Waals surface area contributed by atoms with E-state index < -0.39 is 0 Å². The molecule has 0 radical (unpaired) electrons. The average Bonchev–Trinajstić information content (AvgIpc) is 2.00. The van der Waals surface area contributed by atoms with Crippen molar-refractivity contribution in [3.05, 3.63) is 0 Å². The Morgan fingerprint density at radius 1 is 1.55 bits per heavy atom. The van der Waals surface area contributed by atoms with Crippen LogP contribution in [-0.4, -0.2) is 16.6 Å². The van der Waals surface area contributed by atoms with Gasteiger partial charge in [0.1, 0.15) is 0 Å². The minimum Gasteiger partial charge on any atom is -0.287 e. The predicted octanol–water partition coefficient (Wildman–Crippen LogP) is 2.61. The molecule has 0 amide bonds. The monoisotopic (exact) mass is 192 g/mol. The van der Waals surface area contributed by atoms with Gasteiger partial charge in [-0.25, -0.2) is 0 Å². The van der Waals surface area contributed by atoms with Crippen molar-refractivity contribution in [3.63, 3.8) is 0 Å². The molecule has 66 valence electrons. The first-order chi connectivity index (χ1) is 5.04. The quantitative estimate of drug-likeness (QED) is 0.690. The minimum absolute atomic E-state index is 0.259. The molecule has 0 aromatic carbocycles. The van der Waals surface area contributed by atoms with Crippen molar-refractivity contribution in [2.24, 2.45) is 5.41 Å². The SMILES string of the molecule is CCCSC(=O)C(C)(C)CS. The molecule has 1 nitrogen and oxygen atoms in total. The largest absolute Gasteiger partial charge is 0.287 e. The second kappa shape index (κ2) is 5.09. The third-order valence-corrected chi connectivity index (χ3v) is 3.60. The molecule has 0 saturated carbocycles. The zero-order valence-electron chi connectivity index (χ0n) is 7.39. The summed E-state index contributed by atoms with van der Waals surface area (Å²) in [6, 6.07) is 0. The number of rotatable bonds is 4. The van der Waals surface area contributed by atoms with Gasteiger partial charge in [-0.05, 0) is 6.42 Å². The molecule has 0 aromatic heterocycles. The van der Waals surface area contributed by atoms with E-state index >= 15 is 0 Å². The Morgan fingerprint density at radius 3 is 2.45 bits per heavy atom. The molecule has 0 aliphatic heterocycles. The van der Waals surface area contributed by atoms with Gasteiger partial charge < -0.3 is 0 Å². The summed E-state index contributed by atoms with van der Waals surface area (Å²) in [5.41, 5.74) is -0.261. The highest BCUT2D eigenvalue weighted by molar-refractivity contribution is 8.13. The molecule has 0 spiro atoms. The molecule has 3 heteroatoms. The second-order valence-corrected chi connectivity index (χ2v) is 4.56. The Balaban J connectivity index is 3.82. The van der Waals surface area contributed by atoms with Crippen LogP contribution in [0.5, 0.6) is 0 Å². The summed E-state index contributed by atoms with van der Waals surface area (Å²) in [5, 5.41) is 0.259. The zero-order chi connectivity index (χ0) is 8.91. The van der Waals surface area contributed by atoms with Crippen LogP contribution >= 0.6 is 24.4 Å². The summed E-state index contributed by atoms with van der Waals surface area (Å²) in [6.45, 7) is 5.95. The number of thiol groups is 1. The van der Waals surface area contributed by atoms with Gasteiger partial charge >= 0.3 is 0 Å². The third kappa shape index (κ3) is 4.06. The van der Waals surface area contributed by atoms with Crippen LogP contribution in [0, 0.1) is 5.41 Å². The zero-order valence-corrected chi connectivity index (χ0v) is 9.10. The molecule has 0 unspecified atom stereocenters. The van der Waals surface area contributed by atoms with Gasteiger partial charge in [-0.2, -0.15) is 12.6 Å². The molecular formula is C8H16OS2. The lowest BCUT2D eigenvalue weighted by molar-refractivity contribution is -0.117. The molecule has 0 aromatic rings. The molecule has 0 atom stereocenters. The Bertz CT molecular complexity index is 132. The van der Waals surface area contributed by atoms with Crippen LogP contribution in [0.2, 0.25) is 0 Å². The van der Waals surface area contributed by atoms with E-state index in [0.29, 0.717) is 5.75 Å². The van der Waals surface area contributed by atoms with Crippen molar-refractivity contribution >= 4 is 29.5 Å². The summed E-state index contributed by atoms with van der Waals surface area (Å²) in [6.07, 6.45) is 1.05. The van der Waals surface area contributed by atoms with E-state index in [-0.39, 0.29) is 10.5 Å². The van der Waals surface area contributed by atoms with Gasteiger partial charge in [-0.3, -0.25) is 4.79 Å². The number of hydrogen-bond donors (Lipinski definition) is 1. The normalized spacial score (nSPS) is 11.6. The Labute approximate surface area is 78.7 Å². The maximum absolute atomic E-state index is 11.4. The van der Waals surface area contributed by atoms with Crippen molar-refractivity contribution in [1.82, 2.24) is 0 Å². The van der Waals surface area contributed by atoms with E-state index in [0.717, 1.165) is 12.2 Å². The second-order valence-electron chi connectivity index (χ2n) is 3.18. The number of carbonyl (C=O) groups excluding carboxylic acids is 1. The summed E-state index contributed by atoms with van der Waals surface area (Å²) in [5.74, 6) is 1.55. The highest BCUT2D eigenvalue weighted by Gasteiger charge is 2.25. The van der Waals surface area contributed by atoms with E-state index in [2.05, 4.69) is 19.6 Å². The van der Waals surface area contributed by atoms with Crippen LogP contribution in [0.1, 0.15) is 27.2 Å². The predicted molar refractivity (Wildman–Crippen MR) is 55.4 cm³/mol. The van der Waals surface area contributed by atoms with E-state index in [9.17, 15) is 4.79 Å². The van der Waals surface area contributed by atoms with Crippen molar-refractivity contribution in [2.45, 2.75) is 27.2 Å². The van der Waals surface area contributed by atoms with Crippen molar-refractivity contribution in [1.29, 1.82) is 0 Å². The molecule has 0 rings (SSSR count). The Morgan fingerprint density at radius 2 is 2.09 bits per heavy atom. The van der Waals surface area contributed by atoms with Crippen LogP contribution in [0.4, 0.5) is 0 Å². The summed E-state index contributed by atoms with van der Waals surface area (Å²) < 4.78 is 0. The highest BCUT2D eigenvalue weighted by Crippen LogP contribution is 2.25. The molecule has 11 heavy (non-hydrogen) atoms. The maximum Gasteiger partial charge on any atom is 0.195 e. The van der Waals surface area contributed by atoms with Crippen molar-refractivity contribution < 1.29 is 4.79 Å².